The molecule has 0 unspecified atom stereocenters. The van der Waals surface area contributed by atoms with Crippen LogP contribution < -0.4 is 9.80 Å². The van der Waals surface area contributed by atoms with Crippen LogP contribution in [0.3, 0.4) is 0 Å². The molecule has 23 aromatic rings. The zero-order valence-electron chi connectivity index (χ0n) is 59.6. The Morgan fingerprint density at radius 2 is 0.573 bits per heavy atom. The third kappa shape index (κ3) is 9.49. The summed E-state index contributed by atoms with van der Waals surface area (Å²) in [5.41, 5.74) is 23.1. The Morgan fingerprint density at radius 1 is 0.191 bits per heavy atom. The Bertz CT molecular complexity index is 7690. The second kappa shape index (κ2) is 24.4. The first-order chi connectivity index (χ1) is 54.6. The van der Waals surface area contributed by atoms with E-state index in [1.807, 2.05) is 12.1 Å². The molecule has 0 N–H and O–H groups in total. The van der Waals surface area contributed by atoms with E-state index in [2.05, 4.69) is 395 Å². The summed E-state index contributed by atoms with van der Waals surface area (Å²) in [6.07, 6.45) is 0. The van der Waals surface area contributed by atoms with Gasteiger partial charge in [-0.25, -0.2) is 0 Å². The Kier molecular flexibility index (Phi) is 13.7. The highest BCUT2D eigenvalue weighted by atomic mass is 16.3. The van der Waals surface area contributed by atoms with Crippen LogP contribution >= 0.6 is 0 Å². The molecule has 19 aromatic carbocycles. The van der Waals surface area contributed by atoms with Crippen LogP contribution in [-0.2, 0) is 0 Å². The van der Waals surface area contributed by atoms with E-state index in [1.54, 1.807) is 0 Å². The van der Waals surface area contributed by atoms with Crippen molar-refractivity contribution in [1.29, 1.82) is 0 Å². The molecule has 0 fully saturated rings. The van der Waals surface area contributed by atoms with Gasteiger partial charge in [0, 0.05) is 88.3 Å². The molecule has 0 aliphatic rings. The van der Waals surface area contributed by atoms with Crippen LogP contribution in [0.2, 0.25) is 0 Å². The molecular weight excluding hydrogens is 1340 g/mol. The van der Waals surface area contributed by atoms with Crippen LogP contribution in [0.4, 0.5) is 34.1 Å². The molecule has 0 saturated heterocycles. The minimum Gasteiger partial charge on any atom is -0.456 e. The van der Waals surface area contributed by atoms with Crippen molar-refractivity contribution in [2.45, 2.75) is 0 Å². The smallest absolute Gasteiger partial charge is 0.136 e. The lowest BCUT2D eigenvalue weighted by Gasteiger charge is -2.29. The van der Waals surface area contributed by atoms with Gasteiger partial charge in [0.2, 0.25) is 0 Å². The van der Waals surface area contributed by atoms with Gasteiger partial charge in [0.15, 0.2) is 0 Å². The van der Waals surface area contributed by atoms with Gasteiger partial charge in [-0.15, -0.1) is 0 Å². The summed E-state index contributed by atoms with van der Waals surface area (Å²) >= 11 is 0. The normalized spacial score (nSPS) is 12.0. The number of furan rings is 2. The van der Waals surface area contributed by atoms with Crippen LogP contribution in [0.15, 0.2) is 397 Å². The summed E-state index contributed by atoms with van der Waals surface area (Å²) in [7, 11) is 0. The molecule has 4 aromatic heterocycles. The molecule has 110 heavy (non-hydrogen) atoms. The summed E-state index contributed by atoms with van der Waals surface area (Å²) in [5.74, 6) is 0. The lowest BCUT2D eigenvalue weighted by atomic mass is 9.91. The number of fused-ring (bicyclic) bond motifs is 21. The highest BCUT2D eigenvalue weighted by Crippen LogP contribution is 2.50. The number of rotatable bonds is 11. The topological polar surface area (TPSA) is 42.6 Å². The van der Waals surface area contributed by atoms with Crippen molar-refractivity contribution in [2.24, 2.45) is 0 Å². The van der Waals surface area contributed by atoms with E-state index in [0.29, 0.717) is 0 Å². The lowest BCUT2D eigenvalue weighted by Crippen LogP contribution is -2.11. The monoisotopic (exact) mass is 1400 g/mol. The summed E-state index contributed by atoms with van der Waals surface area (Å²) < 4.78 is 17.9. The van der Waals surface area contributed by atoms with Gasteiger partial charge < -0.3 is 27.8 Å². The maximum absolute atomic E-state index is 6.51. The van der Waals surface area contributed by atoms with E-state index in [9.17, 15) is 0 Å². The third-order valence-corrected chi connectivity index (χ3v) is 23.0. The van der Waals surface area contributed by atoms with Crippen molar-refractivity contribution in [2.75, 3.05) is 9.80 Å². The van der Waals surface area contributed by atoms with Gasteiger partial charge in [-0.3, -0.25) is 0 Å². The van der Waals surface area contributed by atoms with Crippen LogP contribution in [0.5, 0.6) is 0 Å². The van der Waals surface area contributed by atoms with E-state index < -0.39 is 0 Å². The standard InChI is InChI=1S/C104H64N4O2/c1-2-35-80-78(33-1)79-34-3-4-36-81(79)92-64-75(55-57-83(80)92)105(69-27-17-24-65(58-69)76-44-22-52-100-103(76)89-42-10-15-50-98(89)109-100)71-29-20-32-74(62-71)108-95-48-14-9-40-86(95)87-56-54-67(61-97(87)108)91-60-68-26-19-49-96(102(68)88-41-6-5-37-82(88)91)106(70-28-18-25-66(59-70)77-45-23-53-101-104(77)90-43-11-16-51-99(90)110-101)72-30-21-31-73(63-72)107-93-46-12-7-38-84(93)85-39-8-13-47-94(85)107/h1-64H. The van der Waals surface area contributed by atoms with E-state index in [0.717, 1.165) is 166 Å². The fourth-order valence-corrected chi connectivity index (χ4v) is 18.3. The van der Waals surface area contributed by atoms with Crippen LogP contribution in [-0.4, -0.2) is 9.13 Å². The number of benzene rings is 19. The Morgan fingerprint density at radius 3 is 1.14 bits per heavy atom. The van der Waals surface area contributed by atoms with E-state index in [1.165, 1.54) is 53.9 Å². The molecule has 6 nitrogen and oxygen atoms in total. The third-order valence-electron chi connectivity index (χ3n) is 23.0. The Labute approximate surface area is 632 Å². The zero-order valence-corrected chi connectivity index (χ0v) is 59.6. The van der Waals surface area contributed by atoms with Gasteiger partial charge in [0.05, 0.1) is 27.8 Å². The number of hydrogen-bond acceptors (Lipinski definition) is 4. The number of para-hydroxylation sites is 5. The average Bonchev–Trinajstić information content (AvgIpc) is 0.854. The summed E-state index contributed by atoms with van der Waals surface area (Å²) in [6, 6.07) is 142. The number of aromatic nitrogens is 2. The second-order valence-electron chi connectivity index (χ2n) is 29.0. The molecule has 0 radical (unpaired) electrons. The molecule has 0 bridgehead atoms. The maximum atomic E-state index is 6.51. The highest BCUT2D eigenvalue weighted by molar-refractivity contribution is 6.27. The first kappa shape index (κ1) is 61.6. The van der Waals surface area contributed by atoms with Crippen molar-refractivity contribution in [1.82, 2.24) is 9.13 Å². The second-order valence-corrected chi connectivity index (χ2v) is 29.0. The minimum atomic E-state index is 0.867. The van der Waals surface area contributed by atoms with Crippen molar-refractivity contribution < 1.29 is 8.83 Å². The SMILES string of the molecule is c1cc(-c2cccc3oc4ccccc4c23)cc(N(c2cccc(-n3c4ccccc4c4ccc(-c5cc6cccc(N(c7cccc(-c8cccc9oc%10ccccc%10c89)c7)c7cccc(-n8c9ccccc9c9ccccc98)c7)c6c6ccccc56)cc43)c2)c2ccc3c4ccccc4c4ccccc4c3c2)c1. The first-order valence-corrected chi connectivity index (χ1v) is 37.7. The number of hydrogen-bond donors (Lipinski definition) is 0. The predicted molar refractivity (Wildman–Crippen MR) is 463 cm³/mol. The molecule has 0 atom stereocenters. The summed E-state index contributed by atoms with van der Waals surface area (Å²) in [6.45, 7) is 0. The predicted octanol–water partition coefficient (Wildman–Crippen LogP) is 29.4. The van der Waals surface area contributed by atoms with Gasteiger partial charge in [0.1, 0.15) is 22.3 Å². The quantitative estimate of drug-likeness (QED) is 0.121. The number of nitrogens with zero attached hydrogens (tertiary/aromatic N) is 4. The first-order valence-electron chi connectivity index (χ1n) is 37.7. The highest BCUT2D eigenvalue weighted by Gasteiger charge is 2.26. The molecule has 0 amide bonds. The van der Waals surface area contributed by atoms with Crippen LogP contribution in [0.25, 0.3) is 186 Å². The molecule has 23 rings (SSSR count). The number of anilines is 6. The van der Waals surface area contributed by atoms with Gasteiger partial charge in [-0.2, -0.15) is 0 Å². The van der Waals surface area contributed by atoms with E-state index in [4.69, 9.17) is 8.83 Å². The van der Waals surface area contributed by atoms with Crippen LogP contribution in [0, 0.1) is 0 Å². The Hall–Kier alpha value is -14.7. The minimum absolute atomic E-state index is 0.867. The summed E-state index contributed by atoms with van der Waals surface area (Å²) in [4.78, 5) is 4.93. The molecule has 0 saturated carbocycles. The Balaban J connectivity index is 0.701. The molecule has 6 heteroatoms. The lowest BCUT2D eigenvalue weighted by molar-refractivity contribution is 0.668. The van der Waals surface area contributed by atoms with E-state index in [-0.39, 0.29) is 0 Å². The largest absolute Gasteiger partial charge is 0.456 e. The maximum Gasteiger partial charge on any atom is 0.136 e. The van der Waals surface area contributed by atoms with Gasteiger partial charge in [-0.05, 0) is 215 Å². The van der Waals surface area contributed by atoms with Gasteiger partial charge >= 0.3 is 0 Å². The molecule has 0 spiro atoms. The zero-order chi connectivity index (χ0) is 72.1. The fraction of sp³-hybridized carbons (Fsp3) is 0. The molecule has 0 aliphatic heterocycles. The van der Waals surface area contributed by atoms with Crippen molar-refractivity contribution in [3.63, 3.8) is 0 Å². The van der Waals surface area contributed by atoms with Gasteiger partial charge in [0.25, 0.3) is 0 Å². The molecular formula is C104H64N4O2. The van der Waals surface area contributed by atoms with Crippen molar-refractivity contribution in [3.8, 4) is 44.8 Å². The van der Waals surface area contributed by atoms with Crippen molar-refractivity contribution in [3.05, 3.63) is 388 Å². The summed E-state index contributed by atoms with van der Waals surface area (Å²) in [5, 5.41) is 21.2. The molecule has 0 aliphatic carbocycles. The van der Waals surface area contributed by atoms with E-state index >= 15 is 0 Å². The van der Waals surface area contributed by atoms with Gasteiger partial charge in [-0.1, -0.05) is 255 Å². The van der Waals surface area contributed by atoms with Crippen molar-refractivity contribution >= 4 is 175 Å². The fourth-order valence-electron chi connectivity index (χ4n) is 18.3. The van der Waals surface area contributed by atoms with Crippen LogP contribution in [0.1, 0.15) is 0 Å². The molecule has 512 valence electrons. The molecule has 4 heterocycles. The average molecular weight is 1400 g/mol.